The molecular formula is C19H16ClNO4. The first-order chi connectivity index (χ1) is 12.0. The highest BCUT2D eigenvalue weighted by Gasteiger charge is 2.19. The van der Waals surface area contributed by atoms with E-state index < -0.39 is 5.97 Å². The maximum atomic E-state index is 12.3. The predicted molar refractivity (Wildman–Crippen MR) is 96.3 cm³/mol. The standard InChI is InChI=1S/C19H16ClNO4/c1-3-24-19(23)17-11(2)15-10-14(8-9-16(15)25-17)21-18(22)12-4-6-13(20)7-5-12/h4-10H,3H2,1-2H3,(H,21,22). The highest BCUT2D eigenvalue weighted by atomic mass is 35.5. The maximum absolute atomic E-state index is 12.3. The van der Waals surface area contributed by atoms with E-state index in [9.17, 15) is 9.59 Å². The fraction of sp³-hybridized carbons (Fsp3) is 0.158. The van der Waals surface area contributed by atoms with Crippen LogP contribution in [0.25, 0.3) is 11.0 Å². The van der Waals surface area contributed by atoms with E-state index in [2.05, 4.69) is 5.32 Å². The van der Waals surface area contributed by atoms with E-state index in [4.69, 9.17) is 20.8 Å². The summed E-state index contributed by atoms with van der Waals surface area (Å²) in [6, 6.07) is 11.8. The van der Waals surface area contributed by atoms with Gasteiger partial charge in [0.25, 0.3) is 5.91 Å². The zero-order valence-electron chi connectivity index (χ0n) is 13.8. The predicted octanol–water partition coefficient (Wildman–Crippen LogP) is 4.82. The summed E-state index contributed by atoms with van der Waals surface area (Å²) >= 11 is 5.83. The largest absolute Gasteiger partial charge is 0.460 e. The number of esters is 1. The summed E-state index contributed by atoms with van der Waals surface area (Å²) in [6.07, 6.45) is 0. The fourth-order valence-electron chi connectivity index (χ4n) is 2.49. The molecule has 0 aliphatic rings. The third-order valence-corrected chi connectivity index (χ3v) is 4.01. The Hall–Kier alpha value is -2.79. The number of amides is 1. The van der Waals surface area contributed by atoms with Crippen LogP contribution in [0.1, 0.15) is 33.4 Å². The van der Waals surface area contributed by atoms with Gasteiger partial charge in [-0.05, 0) is 56.3 Å². The molecule has 2 aromatic carbocycles. The highest BCUT2D eigenvalue weighted by Crippen LogP contribution is 2.28. The van der Waals surface area contributed by atoms with Gasteiger partial charge in [-0.3, -0.25) is 4.79 Å². The molecule has 1 aromatic heterocycles. The first-order valence-corrected chi connectivity index (χ1v) is 8.14. The van der Waals surface area contributed by atoms with Crippen molar-refractivity contribution in [2.24, 2.45) is 0 Å². The van der Waals surface area contributed by atoms with Crippen LogP contribution in [0.4, 0.5) is 5.69 Å². The summed E-state index contributed by atoms with van der Waals surface area (Å²) in [5.41, 5.74) is 2.34. The fourth-order valence-corrected chi connectivity index (χ4v) is 2.62. The van der Waals surface area contributed by atoms with Crippen molar-refractivity contribution < 1.29 is 18.7 Å². The number of ether oxygens (including phenoxy) is 1. The van der Waals surface area contributed by atoms with E-state index in [1.807, 2.05) is 0 Å². The van der Waals surface area contributed by atoms with Gasteiger partial charge in [-0.15, -0.1) is 0 Å². The molecule has 0 unspecified atom stereocenters. The van der Waals surface area contributed by atoms with Crippen molar-refractivity contribution >= 4 is 40.1 Å². The smallest absolute Gasteiger partial charge is 0.374 e. The van der Waals surface area contributed by atoms with Crippen molar-refractivity contribution in [1.82, 2.24) is 0 Å². The van der Waals surface area contributed by atoms with Crippen LogP contribution in [0.2, 0.25) is 5.02 Å². The van der Waals surface area contributed by atoms with Gasteiger partial charge in [0.05, 0.1) is 6.61 Å². The second kappa shape index (κ2) is 6.99. The van der Waals surface area contributed by atoms with E-state index in [-0.39, 0.29) is 18.3 Å². The van der Waals surface area contributed by atoms with E-state index in [1.54, 1.807) is 56.3 Å². The Kier molecular flexibility index (Phi) is 4.76. The molecule has 0 atom stereocenters. The Morgan fingerprint density at radius 3 is 2.56 bits per heavy atom. The van der Waals surface area contributed by atoms with Crippen LogP contribution in [-0.2, 0) is 4.74 Å². The average molecular weight is 358 g/mol. The minimum Gasteiger partial charge on any atom is -0.460 e. The number of furan rings is 1. The lowest BCUT2D eigenvalue weighted by molar-refractivity contribution is 0.0491. The van der Waals surface area contributed by atoms with Crippen LogP contribution < -0.4 is 5.32 Å². The number of hydrogen-bond donors (Lipinski definition) is 1. The van der Waals surface area contributed by atoms with Crippen molar-refractivity contribution in [3.63, 3.8) is 0 Å². The molecule has 0 aliphatic carbocycles. The van der Waals surface area contributed by atoms with Crippen molar-refractivity contribution in [3.8, 4) is 0 Å². The molecule has 6 heteroatoms. The molecule has 0 aliphatic heterocycles. The SMILES string of the molecule is CCOC(=O)c1oc2ccc(NC(=O)c3ccc(Cl)cc3)cc2c1C. The summed E-state index contributed by atoms with van der Waals surface area (Å²) in [5.74, 6) is -0.566. The topological polar surface area (TPSA) is 68.5 Å². The molecule has 0 spiro atoms. The van der Waals surface area contributed by atoms with Crippen LogP contribution in [0.15, 0.2) is 46.9 Å². The third-order valence-electron chi connectivity index (χ3n) is 3.76. The van der Waals surface area contributed by atoms with Crippen molar-refractivity contribution in [2.45, 2.75) is 13.8 Å². The summed E-state index contributed by atoms with van der Waals surface area (Å²) < 4.78 is 10.6. The van der Waals surface area contributed by atoms with Gasteiger partial charge >= 0.3 is 5.97 Å². The number of benzene rings is 2. The van der Waals surface area contributed by atoms with Crippen molar-refractivity contribution in [3.05, 3.63) is 64.4 Å². The van der Waals surface area contributed by atoms with Crippen LogP contribution in [0.3, 0.4) is 0 Å². The zero-order valence-corrected chi connectivity index (χ0v) is 14.5. The van der Waals surface area contributed by atoms with Gasteiger partial charge in [0, 0.05) is 27.2 Å². The summed E-state index contributed by atoms with van der Waals surface area (Å²) in [6.45, 7) is 3.79. The lowest BCUT2D eigenvalue weighted by Gasteiger charge is -2.05. The second-order valence-corrected chi connectivity index (χ2v) is 5.89. The minimum atomic E-state index is -0.497. The molecule has 1 amide bonds. The number of hydrogen-bond acceptors (Lipinski definition) is 4. The number of nitrogens with one attached hydrogen (secondary N) is 1. The Morgan fingerprint density at radius 2 is 1.88 bits per heavy atom. The number of aryl methyl sites for hydroxylation is 1. The third kappa shape index (κ3) is 3.51. The Morgan fingerprint density at radius 1 is 1.16 bits per heavy atom. The molecule has 25 heavy (non-hydrogen) atoms. The van der Waals surface area contributed by atoms with Crippen LogP contribution in [0, 0.1) is 6.92 Å². The monoisotopic (exact) mass is 357 g/mol. The van der Waals surface area contributed by atoms with Crippen molar-refractivity contribution in [1.29, 1.82) is 0 Å². The van der Waals surface area contributed by atoms with Gasteiger partial charge < -0.3 is 14.5 Å². The number of anilines is 1. The Bertz CT molecular complexity index is 944. The van der Waals surface area contributed by atoms with Crippen LogP contribution >= 0.6 is 11.6 Å². The molecule has 0 bridgehead atoms. The highest BCUT2D eigenvalue weighted by molar-refractivity contribution is 6.30. The number of fused-ring (bicyclic) bond motifs is 1. The molecule has 128 valence electrons. The first kappa shape index (κ1) is 17.0. The molecule has 3 rings (SSSR count). The van der Waals surface area contributed by atoms with Gasteiger partial charge in [0.15, 0.2) is 0 Å². The van der Waals surface area contributed by atoms with Gasteiger partial charge in [-0.25, -0.2) is 4.79 Å². The summed E-state index contributed by atoms with van der Waals surface area (Å²) in [5, 5.41) is 4.14. The molecule has 0 saturated heterocycles. The van der Waals surface area contributed by atoms with Crippen molar-refractivity contribution in [2.75, 3.05) is 11.9 Å². The molecule has 1 heterocycles. The molecular weight excluding hydrogens is 342 g/mol. The molecule has 0 saturated carbocycles. The van der Waals surface area contributed by atoms with E-state index in [1.165, 1.54) is 0 Å². The van der Waals surface area contributed by atoms with Gasteiger partial charge in [0.1, 0.15) is 5.58 Å². The molecule has 0 radical (unpaired) electrons. The molecule has 5 nitrogen and oxygen atoms in total. The normalized spacial score (nSPS) is 10.7. The zero-order chi connectivity index (χ0) is 18.0. The summed E-state index contributed by atoms with van der Waals surface area (Å²) in [4.78, 5) is 24.2. The van der Waals surface area contributed by atoms with E-state index >= 15 is 0 Å². The maximum Gasteiger partial charge on any atom is 0.374 e. The quantitative estimate of drug-likeness (QED) is 0.679. The molecule has 0 fully saturated rings. The van der Waals surface area contributed by atoms with Gasteiger partial charge in [-0.2, -0.15) is 0 Å². The Labute approximate surface area is 149 Å². The Balaban J connectivity index is 1.88. The first-order valence-electron chi connectivity index (χ1n) is 7.76. The van der Waals surface area contributed by atoms with E-state index in [0.29, 0.717) is 27.4 Å². The number of halogens is 1. The summed E-state index contributed by atoms with van der Waals surface area (Å²) in [7, 11) is 0. The van der Waals surface area contributed by atoms with Crippen LogP contribution in [0.5, 0.6) is 0 Å². The number of rotatable bonds is 4. The molecule has 3 aromatic rings. The van der Waals surface area contributed by atoms with Crippen LogP contribution in [-0.4, -0.2) is 18.5 Å². The second-order valence-electron chi connectivity index (χ2n) is 5.45. The lowest BCUT2D eigenvalue weighted by Crippen LogP contribution is -2.11. The minimum absolute atomic E-state index is 0.179. The number of carbonyl (C=O) groups excluding carboxylic acids is 2. The van der Waals surface area contributed by atoms with Gasteiger partial charge in [-0.1, -0.05) is 11.6 Å². The molecule has 1 N–H and O–H groups in total. The van der Waals surface area contributed by atoms with Gasteiger partial charge in [0.2, 0.25) is 5.76 Å². The van der Waals surface area contributed by atoms with E-state index in [0.717, 1.165) is 5.39 Å². The average Bonchev–Trinajstić information content (AvgIpc) is 2.92. The lowest BCUT2D eigenvalue weighted by atomic mass is 10.1. The number of carbonyl (C=O) groups is 2.